The first-order valence-electron chi connectivity index (χ1n) is 9.29. The van der Waals surface area contributed by atoms with Crippen molar-refractivity contribution in [3.05, 3.63) is 23.7 Å². The maximum atomic E-state index is 12.6. The van der Waals surface area contributed by atoms with Crippen LogP contribution in [0.15, 0.2) is 16.5 Å². The summed E-state index contributed by atoms with van der Waals surface area (Å²) in [5.41, 5.74) is -0.735. The van der Waals surface area contributed by atoms with Gasteiger partial charge in [-0.15, -0.1) is 0 Å². The van der Waals surface area contributed by atoms with Crippen molar-refractivity contribution in [3.63, 3.8) is 0 Å². The molecule has 2 rings (SSSR count). The minimum absolute atomic E-state index is 0.0193. The van der Waals surface area contributed by atoms with Gasteiger partial charge < -0.3 is 19.4 Å². The van der Waals surface area contributed by atoms with E-state index in [0.717, 1.165) is 17.9 Å². The molecule has 1 aromatic rings. The molecule has 2 amide bonds. The van der Waals surface area contributed by atoms with Gasteiger partial charge in [0.1, 0.15) is 17.1 Å². The SMILES string of the molecule is Cc1ccc(CCC(=O)N2CC[C@@H](NC(=O)OC(C)(C)C)C(C)(C)C2)o1. The van der Waals surface area contributed by atoms with Crippen LogP contribution in [0.2, 0.25) is 0 Å². The highest BCUT2D eigenvalue weighted by Gasteiger charge is 2.38. The van der Waals surface area contributed by atoms with Crippen molar-refractivity contribution in [2.24, 2.45) is 5.41 Å². The van der Waals surface area contributed by atoms with E-state index < -0.39 is 11.7 Å². The third-order valence-electron chi connectivity index (χ3n) is 4.65. The van der Waals surface area contributed by atoms with Gasteiger partial charge in [-0.25, -0.2) is 4.79 Å². The van der Waals surface area contributed by atoms with Gasteiger partial charge in [0.2, 0.25) is 5.91 Å². The van der Waals surface area contributed by atoms with Crippen LogP contribution in [0.4, 0.5) is 4.79 Å². The Balaban J connectivity index is 1.86. The summed E-state index contributed by atoms with van der Waals surface area (Å²) in [6, 6.07) is 3.81. The number of hydrogen-bond acceptors (Lipinski definition) is 4. The molecule has 1 atom stereocenters. The van der Waals surface area contributed by atoms with Crippen molar-refractivity contribution >= 4 is 12.0 Å². The zero-order chi connectivity index (χ0) is 19.5. The van der Waals surface area contributed by atoms with Gasteiger partial charge in [-0.05, 0) is 46.2 Å². The van der Waals surface area contributed by atoms with E-state index >= 15 is 0 Å². The van der Waals surface area contributed by atoms with Gasteiger partial charge in [-0.3, -0.25) is 4.79 Å². The molecule has 0 aromatic carbocycles. The summed E-state index contributed by atoms with van der Waals surface area (Å²) in [7, 11) is 0. The van der Waals surface area contributed by atoms with E-state index in [0.29, 0.717) is 25.9 Å². The molecule has 6 nitrogen and oxygen atoms in total. The Bertz CT molecular complexity index is 642. The number of likely N-dealkylation sites (tertiary alicyclic amines) is 1. The Labute approximate surface area is 156 Å². The quantitative estimate of drug-likeness (QED) is 0.885. The van der Waals surface area contributed by atoms with Crippen LogP contribution < -0.4 is 5.32 Å². The van der Waals surface area contributed by atoms with Crippen molar-refractivity contribution in [1.29, 1.82) is 0 Å². The van der Waals surface area contributed by atoms with Crippen LogP contribution in [0.25, 0.3) is 0 Å². The van der Waals surface area contributed by atoms with Crippen molar-refractivity contribution in [3.8, 4) is 0 Å². The molecule has 6 heteroatoms. The molecule has 146 valence electrons. The molecular weight excluding hydrogens is 332 g/mol. The first-order chi connectivity index (χ1) is 12.0. The Kier molecular flexibility index (Phi) is 6.04. The van der Waals surface area contributed by atoms with E-state index in [1.165, 1.54) is 0 Å². The molecule has 1 aliphatic rings. The molecule has 0 spiro atoms. The first kappa shape index (κ1) is 20.3. The molecule has 0 radical (unpaired) electrons. The number of nitrogens with one attached hydrogen (secondary N) is 1. The largest absolute Gasteiger partial charge is 0.466 e. The number of aryl methyl sites for hydroxylation is 2. The minimum Gasteiger partial charge on any atom is -0.466 e. The number of piperidine rings is 1. The lowest BCUT2D eigenvalue weighted by Crippen LogP contribution is -2.57. The smallest absolute Gasteiger partial charge is 0.407 e. The Morgan fingerprint density at radius 3 is 2.58 bits per heavy atom. The summed E-state index contributed by atoms with van der Waals surface area (Å²) in [5, 5.41) is 2.97. The van der Waals surface area contributed by atoms with Crippen LogP contribution in [0, 0.1) is 12.3 Å². The van der Waals surface area contributed by atoms with E-state index in [1.807, 2.05) is 44.7 Å². The average Bonchev–Trinajstić information content (AvgIpc) is 2.90. The number of carbonyl (C=O) groups is 2. The van der Waals surface area contributed by atoms with E-state index in [2.05, 4.69) is 19.2 Å². The maximum absolute atomic E-state index is 12.6. The van der Waals surface area contributed by atoms with Gasteiger partial charge in [0.15, 0.2) is 0 Å². The Morgan fingerprint density at radius 2 is 2.04 bits per heavy atom. The highest BCUT2D eigenvalue weighted by Crippen LogP contribution is 2.30. The fraction of sp³-hybridized carbons (Fsp3) is 0.700. The number of alkyl carbamates (subject to hydrolysis) is 1. The monoisotopic (exact) mass is 364 g/mol. The van der Waals surface area contributed by atoms with Crippen LogP contribution in [-0.2, 0) is 16.0 Å². The van der Waals surface area contributed by atoms with E-state index in [9.17, 15) is 9.59 Å². The van der Waals surface area contributed by atoms with Crippen molar-refractivity contribution in [2.45, 2.75) is 72.4 Å². The fourth-order valence-electron chi connectivity index (χ4n) is 3.29. The van der Waals surface area contributed by atoms with Gasteiger partial charge in [0, 0.05) is 37.4 Å². The molecule has 0 aliphatic carbocycles. The van der Waals surface area contributed by atoms with Crippen molar-refractivity contribution in [2.75, 3.05) is 13.1 Å². The van der Waals surface area contributed by atoms with E-state index in [4.69, 9.17) is 9.15 Å². The topological polar surface area (TPSA) is 71.8 Å². The molecule has 0 saturated carbocycles. The molecule has 2 heterocycles. The maximum Gasteiger partial charge on any atom is 0.407 e. The average molecular weight is 364 g/mol. The number of carbonyl (C=O) groups excluding carboxylic acids is 2. The second kappa shape index (κ2) is 7.72. The third kappa shape index (κ3) is 5.78. The highest BCUT2D eigenvalue weighted by molar-refractivity contribution is 5.76. The van der Waals surface area contributed by atoms with Crippen molar-refractivity contribution < 1.29 is 18.7 Å². The van der Waals surface area contributed by atoms with Crippen LogP contribution >= 0.6 is 0 Å². The molecule has 1 N–H and O–H groups in total. The van der Waals surface area contributed by atoms with Gasteiger partial charge in [0.05, 0.1) is 0 Å². The summed E-state index contributed by atoms with van der Waals surface area (Å²) in [5.74, 6) is 1.84. The molecule has 1 aliphatic heterocycles. The van der Waals surface area contributed by atoms with Gasteiger partial charge in [-0.2, -0.15) is 0 Å². The third-order valence-corrected chi connectivity index (χ3v) is 4.65. The van der Waals surface area contributed by atoms with Crippen LogP contribution in [0.5, 0.6) is 0 Å². The summed E-state index contributed by atoms with van der Waals surface area (Å²) in [4.78, 5) is 26.5. The molecule has 1 fully saturated rings. The predicted molar refractivity (Wildman–Crippen MR) is 99.9 cm³/mol. The summed E-state index contributed by atoms with van der Waals surface area (Å²) >= 11 is 0. The number of furan rings is 1. The molecule has 0 unspecified atom stereocenters. The molecule has 0 bridgehead atoms. The number of ether oxygens (including phenoxy) is 1. The Hall–Kier alpha value is -1.98. The lowest BCUT2D eigenvalue weighted by atomic mass is 9.79. The molecule has 26 heavy (non-hydrogen) atoms. The van der Waals surface area contributed by atoms with Crippen LogP contribution in [0.1, 0.15) is 59.0 Å². The molecular formula is C20H32N2O4. The van der Waals surface area contributed by atoms with Gasteiger partial charge >= 0.3 is 6.09 Å². The highest BCUT2D eigenvalue weighted by atomic mass is 16.6. The lowest BCUT2D eigenvalue weighted by molar-refractivity contribution is -0.134. The normalized spacial score (nSPS) is 19.9. The summed E-state index contributed by atoms with van der Waals surface area (Å²) in [6.45, 7) is 12.8. The minimum atomic E-state index is -0.519. The zero-order valence-electron chi connectivity index (χ0n) is 16.8. The lowest BCUT2D eigenvalue weighted by Gasteiger charge is -2.44. The second-order valence-electron chi connectivity index (χ2n) is 8.80. The van der Waals surface area contributed by atoms with E-state index in [1.54, 1.807) is 0 Å². The number of amides is 2. The summed E-state index contributed by atoms with van der Waals surface area (Å²) in [6.07, 6.45) is 1.37. The van der Waals surface area contributed by atoms with Crippen LogP contribution in [0.3, 0.4) is 0 Å². The standard InChI is InChI=1S/C20H32N2O4/c1-14-7-8-15(25-14)9-10-17(23)22-12-11-16(20(5,6)13-22)21-18(24)26-19(2,3)4/h7-8,16H,9-13H2,1-6H3,(H,21,24)/t16-/m1/s1. The Morgan fingerprint density at radius 1 is 1.35 bits per heavy atom. The van der Waals surface area contributed by atoms with Gasteiger partial charge in [0.25, 0.3) is 0 Å². The van der Waals surface area contributed by atoms with Crippen molar-refractivity contribution in [1.82, 2.24) is 10.2 Å². The summed E-state index contributed by atoms with van der Waals surface area (Å²) < 4.78 is 10.9. The fourth-order valence-corrected chi connectivity index (χ4v) is 3.29. The first-order valence-corrected chi connectivity index (χ1v) is 9.29. The number of nitrogens with zero attached hydrogens (tertiary/aromatic N) is 1. The predicted octanol–water partition coefficient (Wildman–Crippen LogP) is 3.67. The number of rotatable bonds is 4. The second-order valence-corrected chi connectivity index (χ2v) is 8.80. The van der Waals surface area contributed by atoms with Gasteiger partial charge in [-0.1, -0.05) is 13.8 Å². The van der Waals surface area contributed by atoms with E-state index in [-0.39, 0.29) is 17.4 Å². The number of hydrogen-bond donors (Lipinski definition) is 1. The zero-order valence-corrected chi connectivity index (χ0v) is 16.8. The van der Waals surface area contributed by atoms with Crippen LogP contribution in [-0.4, -0.2) is 41.6 Å². The molecule has 1 aromatic heterocycles. The molecule has 1 saturated heterocycles.